The van der Waals surface area contributed by atoms with Gasteiger partial charge in [0, 0.05) is 32.4 Å². The van der Waals surface area contributed by atoms with Crippen LogP contribution in [0.3, 0.4) is 0 Å². The van der Waals surface area contributed by atoms with Crippen LogP contribution >= 0.6 is 24.0 Å². The van der Waals surface area contributed by atoms with Crippen LogP contribution in [0.4, 0.5) is 5.82 Å². The van der Waals surface area contributed by atoms with Crippen molar-refractivity contribution in [2.45, 2.75) is 13.5 Å². The van der Waals surface area contributed by atoms with Crippen molar-refractivity contribution < 1.29 is 0 Å². The summed E-state index contributed by atoms with van der Waals surface area (Å²) < 4.78 is 0. The molecule has 0 unspecified atom stereocenters. The molecule has 0 aliphatic carbocycles. The Bertz CT molecular complexity index is 421. The number of piperazine rings is 1. The van der Waals surface area contributed by atoms with Crippen LogP contribution in [0.25, 0.3) is 0 Å². The first-order valence-electron chi connectivity index (χ1n) is 6.66. The van der Waals surface area contributed by atoms with Crippen molar-refractivity contribution in [1.29, 1.82) is 0 Å². The van der Waals surface area contributed by atoms with E-state index in [0.717, 1.165) is 44.1 Å². The van der Waals surface area contributed by atoms with E-state index in [-0.39, 0.29) is 29.9 Å². The Kier molecular flexibility index (Phi) is 7.00. The van der Waals surface area contributed by atoms with Crippen LogP contribution in [0.15, 0.2) is 23.3 Å². The molecule has 2 rings (SSSR count). The van der Waals surface area contributed by atoms with Crippen LogP contribution < -0.4 is 16.4 Å². The van der Waals surface area contributed by atoms with E-state index < -0.39 is 0 Å². The molecule has 4 N–H and O–H groups in total. The van der Waals surface area contributed by atoms with Gasteiger partial charge in [-0.3, -0.25) is 0 Å². The first-order chi connectivity index (χ1) is 9.19. The van der Waals surface area contributed by atoms with Crippen LogP contribution in [-0.4, -0.2) is 48.6 Å². The highest BCUT2D eigenvalue weighted by atomic mass is 127. The number of nitrogens with two attached hydrogens (primary N) is 2. The summed E-state index contributed by atoms with van der Waals surface area (Å²) in [7, 11) is 0. The zero-order valence-corrected chi connectivity index (χ0v) is 14.2. The number of nitrogens with zero attached hydrogens (tertiary/aromatic N) is 4. The number of pyridine rings is 1. The van der Waals surface area contributed by atoms with Crippen LogP contribution in [-0.2, 0) is 6.54 Å². The van der Waals surface area contributed by atoms with Gasteiger partial charge in [0.15, 0.2) is 5.96 Å². The average Bonchev–Trinajstić information content (AvgIpc) is 2.46. The third-order valence-corrected chi connectivity index (χ3v) is 3.40. The van der Waals surface area contributed by atoms with Crippen molar-refractivity contribution in [2.75, 3.05) is 37.6 Å². The quantitative estimate of drug-likeness (QED) is 0.447. The molecular formula is C13H23IN6. The molecule has 1 aromatic heterocycles. The number of guanidine groups is 1. The lowest BCUT2D eigenvalue weighted by atomic mass is 10.2. The van der Waals surface area contributed by atoms with E-state index in [4.69, 9.17) is 11.5 Å². The number of hydrogen-bond donors (Lipinski definition) is 2. The Morgan fingerprint density at radius 2 is 1.95 bits per heavy atom. The molecule has 20 heavy (non-hydrogen) atoms. The number of likely N-dealkylation sites (N-methyl/N-ethyl adjacent to an activating group) is 1. The van der Waals surface area contributed by atoms with Crippen LogP contribution in [0.5, 0.6) is 0 Å². The van der Waals surface area contributed by atoms with Crippen LogP contribution in [0.1, 0.15) is 12.5 Å². The standard InChI is InChI=1S/C13H22N6.HI/c1-2-18-5-7-19(8-6-18)12-4-3-11(9-16-12)10-17-13(14)15;/h3-4,9H,2,5-8,10H2,1H3,(H4,14,15,17);1H. The lowest BCUT2D eigenvalue weighted by molar-refractivity contribution is 0.270. The Balaban J connectivity index is 0.00000200. The van der Waals surface area contributed by atoms with E-state index in [2.05, 4.69) is 26.7 Å². The molecule has 0 saturated carbocycles. The van der Waals surface area contributed by atoms with Gasteiger partial charge in [0.1, 0.15) is 5.82 Å². The summed E-state index contributed by atoms with van der Waals surface area (Å²) in [6, 6.07) is 4.07. The SMILES string of the molecule is CCN1CCN(c2ccc(CN=C(N)N)cn2)CC1.I. The number of anilines is 1. The highest BCUT2D eigenvalue weighted by Gasteiger charge is 2.16. The first kappa shape index (κ1) is 17.0. The summed E-state index contributed by atoms with van der Waals surface area (Å²) in [6.45, 7) is 8.09. The molecule has 1 aromatic rings. The minimum absolute atomic E-state index is 0. The van der Waals surface area contributed by atoms with Gasteiger partial charge in [-0.05, 0) is 18.2 Å². The van der Waals surface area contributed by atoms with Gasteiger partial charge in [-0.1, -0.05) is 13.0 Å². The maximum Gasteiger partial charge on any atom is 0.186 e. The van der Waals surface area contributed by atoms with Gasteiger partial charge in [-0.2, -0.15) is 0 Å². The highest BCUT2D eigenvalue weighted by molar-refractivity contribution is 14.0. The molecule has 7 heteroatoms. The predicted molar refractivity (Wildman–Crippen MR) is 93.5 cm³/mol. The molecule has 1 aliphatic heterocycles. The third-order valence-electron chi connectivity index (χ3n) is 3.40. The number of aliphatic imine (C=N–C) groups is 1. The van der Waals surface area contributed by atoms with E-state index in [1.165, 1.54) is 0 Å². The minimum Gasteiger partial charge on any atom is -0.370 e. The largest absolute Gasteiger partial charge is 0.370 e. The monoisotopic (exact) mass is 390 g/mol. The molecule has 0 bridgehead atoms. The van der Waals surface area contributed by atoms with Crippen molar-refractivity contribution in [3.8, 4) is 0 Å². The van der Waals surface area contributed by atoms with Gasteiger partial charge in [0.25, 0.3) is 0 Å². The van der Waals surface area contributed by atoms with Gasteiger partial charge in [-0.15, -0.1) is 24.0 Å². The van der Waals surface area contributed by atoms with Gasteiger partial charge >= 0.3 is 0 Å². The minimum atomic E-state index is 0. The summed E-state index contributed by atoms with van der Waals surface area (Å²) in [4.78, 5) is 13.2. The predicted octanol–water partition coefficient (Wildman–Crippen LogP) is 0.615. The molecule has 0 atom stereocenters. The normalized spacial score (nSPS) is 15.6. The zero-order valence-electron chi connectivity index (χ0n) is 11.8. The first-order valence-corrected chi connectivity index (χ1v) is 6.66. The average molecular weight is 390 g/mol. The van der Waals surface area contributed by atoms with E-state index in [1.54, 1.807) is 0 Å². The molecule has 1 saturated heterocycles. The van der Waals surface area contributed by atoms with Crippen LogP contribution in [0.2, 0.25) is 0 Å². The number of rotatable bonds is 4. The molecule has 0 amide bonds. The fraction of sp³-hybridized carbons (Fsp3) is 0.538. The Labute approximate surface area is 137 Å². The molecule has 6 nitrogen and oxygen atoms in total. The van der Waals surface area contributed by atoms with Gasteiger partial charge < -0.3 is 21.3 Å². The fourth-order valence-electron chi connectivity index (χ4n) is 2.17. The van der Waals surface area contributed by atoms with Crippen molar-refractivity contribution in [2.24, 2.45) is 16.5 Å². The molecule has 1 aliphatic rings. The summed E-state index contributed by atoms with van der Waals surface area (Å²) in [6.07, 6.45) is 1.84. The van der Waals surface area contributed by atoms with Crippen molar-refractivity contribution in [3.63, 3.8) is 0 Å². The molecule has 0 radical (unpaired) electrons. The summed E-state index contributed by atoms with van der Waals surface area (Å²) in [5, 5.41) is 0. The molecule has 2 heterocycles. The van der Waals surface area contributed by atoms with E-state index in [0.29, 0.717) is 6.54 Å². The van der Waals surface area contributed by atoms with E-state index in [9.17, 15) is 0 Å². The number of halogens is 1. The topological polar surface area (TPSA) is 83.8 Å². The van der Waals surface area contributed by atoms with Crippen molar-refractivity contribution in [1.82, 2.24) is 9.88 Å². The van der Waals surface area contributed by atoms with E-state index >= 15 is 0 Å². The lowest BCUT2D eigenvalue weighted by Crippen LogP contribution is -2.46. The van der Waals surface area contributed by atoms with Gasteiger partial charge in [-0.25, -0.2) is 9.98 Å². The summed E-state index contributed by atoms with van der Waals surface area (Å²) in [5.41, 5.74) is 11.6. The molecule has 0 aromatic carbocycles. The molecular weight excluding hydrogens is 367 g/mol. The third kappa shape index (κ3) is 4.78. The second-order valence-electron chi connectivity index (χ2n) is 4.69. The Hall–Kier alpha value is -1.09. The summed E-state index contributed by atoms with van der Waals surface area (Å²) >= 11 is 0. The zero-order chi connectivity index (χ0) is 13.7. The van der Waals surface area contributed by atoms with E-state index in [1.807, 2.05) is 18.3 Å². The maximum atomic E-state index is 5.31. The fourth-order valence-corrected chi connectivity index (χ4v) is 2.17. The lowest BCUT2D eigenvalue weighted by Gasteiger charge is -2.34. The van der Waals surface area contributed by atoms with Crippen LogP contribution in [0, 0.1) is 0 Å². The Morgan fingerprint density at radius 1 is 1.25 bits per heavy atom. The Morgan fingerprint density at radius 3 is 2.45 bits per heavy atom. The number of aromatic nitrogens is 1. The van der Waals surface area contributed by atoms with Crippen molar-refractivity contribution >= 4 is 35.8 Å². The smallest absolute Gasteiger partial charge is 0.186 e. The molecule has 0 spiro atoms. The summed E-state index contributed by atoms with van der Waals surface area (Å²) in [5.74, 6) is 1.14. The van der Waals surface area contributed by atoms with Gasteiger partial charge in [0.2, 0.25) is 0 Å². The molecule has 112 valence electrons. The number of hydrogen-bond acceptors (Lipinski definition) is 4. The molecule has 1 fully saturated rings. The highest BCUT2D eigenvalue weighted by Crippen LogP contribution is 2.14. The maximum absolute atomic E-state index is 5.31. The second-order valence-corrected chi connectivity index (χ2v) is 4.69. The van der Waals surface area contributed by atoms with Gasteiger partial charge in [0.05, 0.1) is 6.54 Å². The van der Waals surface area contributed by atoms with Crippen molar-refractivity contribution in [3.05, 3.63) is 23.9 Å². The second kappa shape index (κ2) is 8.25.